The third kappa shape index (κ3) is 6.17. The van der Waals surface area contributed by atoms with Gasteiger partial charge in [-0.05, 0) is 43.5 Å². The Morgan fingerprint density at radius 3 is 1.39 bits per heavy atom. The Labute approximate surface area is 184 Å². The van der Waals surface area contributed by atoms with Gasteiger partial charge in [0.15, 0.2) is 0 Å². The maximum atomic E-state index is 13.0. The van der Waals surface area contributed by atoms with E-state index >= 15 is 0 Å². The molecule has 2 rings (SSSR count). The molecule has 0 spiro atoms. The first-order valence-corrected chi connectivity index (χ1v) is 10.6. The second kappa shape index (κ2) is 12.1. The van der Waals surface area contributed by atoms with Gasteiger partial charge in [-0.15, -0.1) is 0 Å². The summed E-state index contributed by atoms with van der Waals surface area (Å²) in [6.07, 6.45) is 1.49. The van der Waals surface area contributed by atoms with Crippen LogP contribution in [-0.4, -0.2) is 46.8 Å². The smallest absolute Gasteiger partial charge is 0.254 e. The van der Waals surface area contributed by atoms with Crippen LogP contribution in [-0.2, 0) is 0 Å². The molecule has 0 saturated carbocycles. The van der Waals surface area contributed by atoms with Crippen LogP contribution in [0.25, 0.3) is 0 Å². The van der Waals surface area contributed by atoms with Crippen LogP contribution in [0.15, 0.2) is 60.7 Å². The van der Waals surface area contributed by atoms with E-state index in [4.69, 9.17) is 0 Å². The van der Waals surface area contributed by atoms with Crippen molar-refractivity contribution in [3.05, 3.63) is 71.8 Å². The normalized spacial score (nSPS) is 12.1. The van der Waals surface area contributed by atoms with E-state index in [0.29, 0.717) is 43.5 Å². The first kappa shape index (κ1) is 23.6. The first-order valence-electron chi connectivity index (χ1n) is 10.6. The Balaban J connectivity index is 2.18. The van der Waals surface area contributed by atoms with Crippen LogP contribution in [0.5, 0.6) is 0 Å². The highest BCUT2D eigenvalue weighted by molar-refractivity contribution is 5.95. The van der Waals surface area contributed by atoms with Crippen LogP contribution in [0, 0.1) is 22.7 Å². The monoisotopic (exact) mass is 416 g/mol. The molecule has 0 aromatic heterocycles. The second-order valence-corrected chi connectivity index (χ2v) is 7.19. The molecule has 0 heterocycles. The van der Waals surface area contributed by atoms with Crippen LogP contribution in [0.4, 0.5) is 0 Å². The van der Waals surface area contributed by atoms with Crippen molar-refractivity contribution in [1.29, 1.82) is 10.5 Å². The molecule has 0 bridgehead atoms. The summed E-state index contributed by atoms with van der Waals surface area (Å²) in [5.41, 5.74) is 1.05. The molecule has 6 heteroatoms. The first-order chi connectivity index (χ1) is 15.1. The molecule has 0 N–H and O–H groups in total. The van der Waals surface area contributed by atoms with Gasteiger partial charge in [0, 0.05) is 24.2 Å². The van der Waals surface area contributed by atoms with Crippen LogP contribution in [0.1, 0.15) is 53.8 Å². The van der Waals surface area contributed by atoms with Crippen molar-refractivity contribution in [2.24, 2.45) is 0 Å². The van der Waals surface area contributed by atoms with Gasteiger partial charge in [0.25, 0.3) is 11.8 Å². The SMILES string of the molecule is CCC(C#N)N(CCCN(C(=O)c1ccccc1)C(C#N)CC)C(=O)c1ccccc1. The molecule has 2 aromatic rings. The summed E-state index contributed by atoms with van der Waals surface area (Å²) < 4.78 is 0. The number of amides is 2. The van der Waals surface area contributed by atoms with E-state index in [1.165, 1.54) is 0 Å². The predicted molar refractivity (Wildman–Crippen MR) is 119 cm³/mol. The molecule has 0 fully saturated rings. The van der Waals surface area contributed by atoms with Gasteiger partial charge in [-0.2, -0.15) is 10.5 Å². The van der Waals surface area contributed by atoms with Gasteiger partial charge in [0.05, 0.1) is 12.1 Å². The van der Waals surface area contributed by atoms with Gasteiger partial charge in [-0.1, -0.05) is 50.2 Å². The number of hydrogen-bond donors (Lipinski definition) is 0. The number of nitriles is 2. The molecule has 2 atom stereocenters. The average molecular weight is 417 g/mol. The summed E-state index contributed by atoms with van der Waals surface area (Å²) in [6, 6.07) is 21.1. The van der Waals surface area contributed by atoms with Gasteiger partial charge >= 0.3 is 0 Å². The lowest BCUT2D eigenvalue weighted by atomic mass is 10.1. The third-order valence-corrected chi connectivity index (χ3v) is 5.19. The van der Waals surface area contributed by atoms with E-state index in [1.54, 1.807) is 58.3 Å². The van der Waals surface area contributed by atoms with Crippen LogP contribution >= 0.6 is 0 Å². The lowest BCUT2D eigenvalue weighted by Crippen LogP contribution is -2.43. The van der Waals surface area contributed by atoms with Gasteiger partial charge in [-0.25, -0.2) is 0 Å². The molecule has 0 aliphatic rings. The van der Waals surface area contributed by atoms with E-state index < -0.39 is 12.1 Å². The molecule has 6 nitrogen and oxygen atoms in total. The van der Waals surface area contributed by atoms with Crippen molar-refractivity contribution < 1.29 is 9.59 Å². The van der Waals surface area contributed by atoms with E-state index in [-0.39, 0.29) is 11.8 Å². The predicted octanol–water partition coefficient (Wildman–Crippen LogP) is 4.27. The minimum Gasteiger partial charge on any atom is -0.323 e. The highest BCUT2D eigenvalue weighted by atomic mass is 16.2. The Morgan fingerprint density at radius 2 is 1.10 bits per heavy atom. The van der Waals surface area contributed by atoms with Crippen molar-refractivity contribution in [3.8, 4) is 12.1 Å². The molecule has 160 valence electrons. The lowest BCUT2D eigenvalue weighted by Gasteiger charge is -2.30. The maximum Gasteiger partial charge on any atom is 0.254 e. The van der Waals surface area contributed by atoms with Crippen molar-refractivity contribution in [1.82, 2.24) is 9.80 Å². The molecule has 2 unspecified atom stereocenters. The second-order valence-electron chi connectivity index (χ2n) is 7.19. The topological polar surface area (TPSA) is 88.2 Å². The van der Waals surface area contributed by atoms with Gasteiger partial charge < -0.3 is 9.80 Å². The summed E-state index contributed by atoms with van der Waals surface area (Å²) >= 11 is 0. The minimum atomic E-state index is -0.552. The Bertz CT molecular complexity index is 854. The molecule has 2 amide bonds. The fourth-order valence-corrected chi connectivity index (χ4v) is 3.47. The number of carbonyl (C=O) groups is 2. The quantitative estimate of drug-likeness (QED) is 0.579. The fourth-order valence-electron chi connectivity index (χ4n) is 3.47. The van der Waals surface area contributed by atoms with Crippen LogP contribution in [0.2, 0.25) is 0 Å². The highest BCUT2D eigenvalue weighted by Crippen LogP contribution is 2.15. The highest BCUT2D eigenvalue weighted by Gasteiger charge is 2.26. The molecule has 0 radical (unpaired) electrons. The maximum absolute atomic E-state index is 13.0. The number of rotatable bonds is 10. The summed E-state index contributed by atoms with van der Waals surface area (Å²) in [5.74, 6) is -0.412. The molecule has 0 aliphatic heterocycles. The summed E-state index contributed by atoms with van der Waals surface area (Å²) in [6.45, 7) is 4.38. The Kier molecular flexibility index (Phi) is 9.26. The largest absolute Gasteiger partial charge is 0.323 e. The fraction of sp³-hybridized carbons (Fsp3) is 0.360. The minimum absolute atomic E-state index is 0.206. The summed E-state index contributed by atoms with van der Waals surface area (Å²) in [7, 11) is 0. The van der Waals surface area contributed by atoms with Gasteiger partial charge in [0.2, 0.25) is 0 Å². The zero-order valence-electron chi connectivity index (χ0n) is 18.1. The number of nitrogens with zero attached hydrogens (tertiary/aromatic N) is 4. The number of carbonyl (C=O) groups excluding carboxylic acids is 2. The molecular weight excluding hydrogens is 388 g/mol. The zero-order chi connectivity index (χ0) is 22.6. The molecule has 2 aromatic carbocycles. The van der Waals surface area contributed by atoms with Crippen LogP contribution in [0.3, 0.4) is 0 Å². The number of benzene rings is 2. The average Bonchev–Trinajstić information content (AvgIpc) is 2.83. The van der Waals surface area contributed by atoms with Gasteiger partial charge in [0.1, 0.15) is 12.1 Å². The van der Waals surface area contributed by atoms with E-state index in [1.807, 2.05) is 26.0 Å². The zero-order valence-corrected chi connectivity index (χ0v) is 18.1. The Morgan fingerprint density at radius 1 is 0.742 bits per heavy atom. The third-order valence-electron chi connectivity index (χ3n) is 5.19. The molecule has 0 saturated heterocycles. The van der Waals surface area contributed by atoms with Crippen LogP contribution < -0.4 is 0 Å². The van der Waals surface area contributed by atoms with E-state index in [2.05, 4.69) is 12.1 Å². The van der Waals surface area contributed by atoms with Crippen molar-refractivity contribution in [2.45, 2.75) is 45.2 Å². The summed E-state index contributed by atoms with van der Waals surface area (Å²) in [5, 5.41) is 19.1. The van der Waals surface area contributed by atoms with Crippen molar-refractivity contribution in [2.75, 3.05) is 13.1 Å². The van der Waals surface area contributed by atoms with E-state index in [9.17, 15) is 20.1 Å². The molecule has 31 heavy (non-hydrogen) atoms. The van der Waals surface area contributed by atoms with E-state index in [0.717, 1.165) is 0 Å². The Hall–Kier alpha value is -3.64. The summed E-state index contributed by atoms with van der Waals surface area (Å²) in [4.78, 5) is 29.2. The van der Waals surface area contributed by atoms with Crippen molar-refractivity contribution in [3.63, 3.8) is 0 Å². The number of hydrogen-bond acceptors (Lipinski definition) is 4. The van der Waals surface area contributed by atoms with Gasteiger partial charge in [-0.3, -0.25) is 9.59 Å². The van der Waals surface area contributed by atoms with Crippen molar-refractivity contribution >= 4 is 11.8 Å². The standard InChI is InChI=1S/C25H28N4O2/c1-3-22(18-26)28(24(30)20-12-7-5-8-13-20)16-11-17-29(23(4-2)19-27)25(31)21-14-9-6-10-15-21/h5-10,12-15,22-23H,3-4,11,16-17H2,1-2H3. The lowest BCUT2D eigenvalue weighted by molar-refractivity contribution is 0.0666. The molecular formula is C25H28N4O2. The molecule has 0 aliphatic carbocycles.